The van der Waals surface area contributed by atoms with E-state index in [0.29, 0.717) is 19.4 Å². The van der Waals surface area contributed by atoms with Crippen LogP contribution in [0.1, 0.15) is 19.8 Å². The molecule has 2 saturated heterocycles. The average Bonchev–Trinajstić information content (AvgIpc) is 2.74. The number of β-lactam (4-membered cyclic amide) rings is 1. The Morgan fingerprint density at radius 3 is 2.53 bits per heavy atom. The highest BCUT2D eigenvalue weighted by atomic mass is 16.4. The van der Waals surface area contributed by atoms with Gasteiger partial charge in [0, 0.05) is 6.54 Å². The van der Waals surface area contributed by atoms with Crippen molar-refractivity contribution in [1.82, 2.24) is 9.80 Å². The highest BCUT2D eigenvalue weighted by molar-refractivity contribution is 5.99. The fourth-order valence-corrected chi connectivity index (χ4v) is 3.02. The second-order valence-electron chi connectivity index (χ2n) is 5.09. The third-order valence-corrected chi connectivity index (χ3v) is 3.89. The summed E-state index contributed by atoms with van der Waals surface area (Å²) in [6.45, 7) is 1.79. The van der Waals surface area contributed by atoms with Gasteiger partial charge in [-0.15, -0.1) is 0 Å². The van der Waals surface area contributed by atoms with Crippen LogP contribution in [0.25, 0.3) is 0 Å². The van der Waals surface area contributed by atoms with E-state index in [0.717, 1.165) is 9.80 Å². The number of nitrogens with two attached hydrogens (primary N) is 1. The lowest BCUT2D eigenvalue weighted by molar-refractivity contribution is -0.170. The molecule has 0 saturated carbocycles. The number of amides is 3. The Bertz CT molecular complexity index is 438. The molecule has 2 fully saturated rings. The number of primary amides is 1. The molecule has 2 heterocycles. The van der Waals surface area contributed by atoms with Gasteiger partial charge >= 0.3 is 6.09 Å². The number of aliphatic hydroxyl groups is 1. The first kappa shape index (κ1) is 13.6. The van der Waals surface area contributed by atoms with E-state index in [2.05, 4.69) is 0 Å². The number of likely N-dealkylation sites (tertiary alicyclic amines) is 2. The summed E-state index contributed by atoms with van der Waals surface area (Å²) in [4.78, 5) is 36.9. The van der Waals surface area contributed by atoms with Gasteiger partial charge in [-0.2, -0.15) is 0 Å². The molecule has 0 aliphatic carbocycles. The molecule has 1 spiro atoms. The Balaban J connectivity index is 2.19. The Hall–Kier alpha value is -1.83. The van der Waals surface area contributed by atoms with Gasteiger partial charge in [0.05, 0.1) is 12.6 Å². The molecule has 0 aromatic carbocycles. The molecule has 0 bridgehead atoms. The molecule has 0 aromatic heterocycles. The van der Waals surface area contributed by atoms with Gasteiger partial charge in [0.2, 0.25) is 5.91 Å². The molecule has 19 heavy (non-hydrogen) atoms. The van der Waals surface area contributed by atoms with Gasteiger partial charge in [-0.3, -0.25) is 14.5 Å². The minimum Gasteiger partial charge on any atom is -0.465 e. The van der Waals surface area contributed by atoms with Crippen molar-refractivity contribution in [3.8, 4) is 0 Å². The molecule has 8 heteroatoms. The SMILES string of the molecule is C[C@@H](O)[C@@H](C(N)=O)N1C[C@]2(CCCN2C(=O)O)C1=O. The molecular formula is C11H17N3O5. The lowest BCUT2D eigenvalue weighted by Gasteiger charge is -2.52. The summed E-state index contributed by atoms with van der Waals surface area (Å²) in [5, 5.41) is 18.6. The zero-order valence-electron chi connectivity index (χ0n) is 10.6. The van der Waals surface area contributed by atoms with Gasteiger partial charge in [0.25, 0.3) is 5.91 Å². The third kappa shape index (κ3) is 1.83. The molecule has 3 amide bonds. The summed E-state index contributed by atoms with van der Waals surface area (Å²) in [6, 6.07) is -1.10. The van der Waals surface area contributed by atoms with Crippen molar-refractivity contribution in [2.45, 2.75) is 37.5 Å². The van der Waals surface area contributed by atoms with Crippen molar-refractivity contribution in [2.75, 3.05) is 13.1 Å². The smallest absolute Gasteiger partial charge is 0.408 e. The van der Waals surface area contributed by atoms with E-state index in [-0.39, 0.29) is 6.54 Å². The number of carboxylic acid groups (broad SMARTS) is 1. The van der Waals surface area contributed by atoms with Crippen molar-refractivity contribution < 1.29 is 24.6 Å². The normalized spacial score (nSPS) is 29.3. The predicted octanol–water partition coefficient (Wildman–Crippen LogP) is -1.42. The van der Waals surface area contributed by atoms with Crippen LogP contribution < -0.4 is 5.73 Å². The van der Waals surface area contributed by atoms with Crippen molar-refractivity contribution in [3.63, 3.8) is 0 Å². The van der Waals surface area contributed by atoms with E-state index in [1.54, 1.807) is 0 Å². The molecule has 0 radical (unpaired) electrons. The third-order valence-electron chi connectivity index (χ3n) is 3.89. The van der Waals surface area contributed by atoms with Crippen LogP contribution in [-0.2, 0) is 9.59 Å². The maximum atomic E-state index is 12.3. The molecule has 8 nitrogen and oxygen atoms in total. The predicted molar refractivity (Wildman–Crippen MR) is 63.1 cm³/mol. The fourth-order valence-electron chi connectivity index (χ4n) is 3.02. The summed E-state index contributed by atoms with van der Waals surface area (Å²) >= 11 is 0. The van der Waals surface area contributed by atoms with Crippen LogP contribution in [0, 0.1) is 0 Å². The number of carbonyl (C=O) groups is 3. The van der Waals surface area contributed by atoms with Crippen LogP contribution in [0.2, 0.25) is 0 Å². The van der Waals surface area contributed by atoms with Crippen molar-refractivity contribution >= 4 is 17.9 Å². The van der Waals surface area contributed by atoms with Crippen LogP contribution in [0.4, 0.5) is 4.79 Å². The maximum Gasteiger partial charge on any atom is 0.408 e. The van der Waals surface area contributed by atoms with E-state index in [9.17, 15) is 19.5 Å². The first-order chi connectivity index (χ1) is 8.81. The molecule has 0 unspecified atom stereocenters. The summed E-state index contributed by atoms with van der Waals surface area (Å²) in [5.74, 6) is -1.24. The van der Waals surface area contributed by atoms with E-state index in [1.807, 2.05) is 0 Å². The van der Waals surface area contributed by atoms with Crippen LogP contribution in [0.5, 0.6) is 0 Å². The van der Waals surface area contributed by atoms with Gasteiger partial charge in [-0.1, -0.05) is 0 Å². The molecule has 2 aliphatic rings. The minimum atomic E-state index is -1.14. The standard InChI is InChI=1S/C11H17N3O5/c1-6(15)7(8(12)16)13-5-11(9(13)17)3-2-4-14(11)10(18)19/h6-7,15H,2-5H2,1H3,(H2,12,16)(H,18,19)/t6-,7+,11-/m1/s1. The van der Waals surface area contributed by atoms with Crippen LogP contribution in [0.3, 0.4) is 0 Å². The van der Waals surface area contributed by atoms with Crippen LogP contribution in [0.15, 0.2) is 0 Å². The molecular weight excluding hydrogens is 254 g/mol. The summed E-state index contributed by atoms with van der Waals surface area (Å²) < 4.78 is 0. The van der Waals surface area contributed by atoms with Gasteiger partial charge in [0.1, 0.15) is 11.6 Å². The Kier molecular flexibility index (Phi) is 3.13. The zero-order valence-corrected chi connectivity index (χ0v) is 10.6. The van der Waals surface area contributed by atoms with E-state index in [4.69, 9.17) is 10.8 Å². The van der Waals surface area contributed by atoms with Crippen molar-refractivity contribution in [3.05, 3.63) is 0 Å². The number of hydrogen-bond acceptors (Lipinski definition) is 4. The average molecular weight is 271 g/mol. The zero-order chi connectivity index (χ0) is 14.4. The molecule has 0 aromatic rings. The van der Waals surface area contributed by atoms with Gasteiger partial charge in [0.15, 0.2) is 0 Å². The number of rotatable bonds is 3. The molecule has 4 N–H and O–H groups in total. The first-order valence-corrected chi connectivity index (χ1v) is 6.10. The van der Waals surface area contributed by atoms with E-state index < -0.39 is 35.6 Å². The first-order valence-electron chi connectivity index (χ1n) is 6.10. The summed E-state index contributed by atoms with van der Waals surface area (Å²) in [6.07, 6.45) is -1.17. The highest BCUT2D eigenvalue weighted by Gasteiger charge is 2.62. The van der Waals surface area contributed by atoms with Crippen LogP contribution in [-0.4, -0.2) is 68.7 Å². The number of aliphatic hydroxyl groups excluding tert-OH is 1. The van der Waals surface area contributed by atoms with E-state index in [1.165, 1.54) is 6.92 Å². The van der Waals surface area contributed by atoms with Gasteiger partial charge in [-0.25, -0.2) is 4.79 Å². The van der Waals surface area contributed by atoms with Gasteiger partial charge < -0.3 is 20.8 Å². The number of nitrogens with zero attached hydrogens (tertiary/aromatic N) is 2. The van der Waals surface area contributed by atoms with Gasteiger partial charge in [-0.05, 0) is 19.8 Å². The largest absolute Gasteiger partial charge is 0.465 e. The van der Waals surface area contributed by atoms with E-state index >= 15 is 0 Å². The van der Waals surface area contributed by atoms with Crippen molar-refractivity contribution in [1.29, 1.82) is 0 Å². The Morgan fingerprint density at radius 2 is 2.11 bits per heavy atom. The molecule has 2 rings (SSSR count). The number of hydrogen-bond donors (Lipinski definition) is 3. The molecule has 106 valence electrons. The summed E-state index contributed by atoms with van der Waals surface area (Å²) in [7, 11) is 0. The minimum absolute atomic E-state index is 0.108. The lowest BCUT2D eigenvalue weighted by Crippen LogP contribution is -2.76. The highest BCUT2D eigenvalue weighted by Crippen LogP contribution is 2.40. The topological polar surface area (TPSA) is 124 Å². The summed E-state index contributed by atoms with van der Waals surface area (Å²) in [5.41, 5.74) is 4.11. The second kappa shape index (κ2) is 4.37. The fraction of sp³-hybridized carbons (Fsp3) is 0.727. The molecule has 3 atom stereocenters. The Labute approximate surface area is 109 Å². The molecule has 2 aliphatic heterocycles. The second-order valence-corrected chi connectivity index (χ2v) is 5.09. The lowest BCUT2D eigenvalue weighted by atomic mass is 9.83. The Morgan fingerprint density at radius 1 is 1.47 bits per heavy atom. The number of carbonyl (C=O) groups excluding carboxylic acids is 2. The quantitative estimate of drug-likeness (QED) is 0.543. The monoisotopic (exact) mass is 271 g/mol. The van der Waals surface area contributed by atoms with Crippen molar-refractivity contribution in [2.24, 2.45) is 5.73 Å². The van der Waals surface area contributed by atoms with Crippen LogP contribution >= 0.6 is 0 Å². The maximum absolute atomic E-state index is 12.3.